The lowest BCUT2D eigenvalue weighted by molar-refractivity contribution is 0.404. The molecule has 2 unspecified atom stereocenters. The van der Waals surface area contributed by atoms with E-state index in [1.165, 1.54) is 0 Å². The van der Waals surface area contributed by atoms with Gasteiger partial charge < -0.3 is 0 Å². The molecular formula is C14H19BrClNO2S2. The van der Waals surface area contributed by atoms with E-state index in [-0.39, 0.29) is 0 Å². The molecule has 7 heteroatoms. The highest BCUT2D eigenvalue weighted by molar-refractivity contribution is 9.10. The molecule has 0 spiro atoms. The normalized spacial score (nSPS) is 24.2. The standard InChI is InChI=1S/C14H19BrClNO2S2/c1-9-4-12(6-16)5-13(14(9)15)21(18,19)17-7-10(2)20-11(3)8-17/h4-5,10-11H,6-8H2,1-3H3. The third kappa shape index (κ3) is 3.78. The van der Waals surface area contributed by atoms with Crippen LogP contribution < -0.4 is 0 Å². The van der Waals surface area contributed by atoms with Crippen LogP contribution in [-0.2, 0) is 15.9 Å². The van der Waals surface area contributed by atoms with E-state index in [1.54, 1.807) is 10.4 Å². The van der Waals surface area contributed by atoms with Gasteiger partial charge >= 0.3 is 0 Å². The second-order valence-electron chi connectivity index (χ2n) is 5.44. The Morgan fingerprint density at radius 2 is 1.90 bits per heavy atom. The van der Waals surface area contributed by atoms with Gasteiger partial charge in [-0.2, -0.15) is 16.1 Å². The molecule has 0 radical (unpaired) electrons. The van der Waals surface area contributed by atoms with E-state index < -0.39 is 10.0 Å². The number of benzene rings is 1. The van der Waals surface area contributed by atoms with Crippen LogP contribution in [-0.4, -0.2) is 36.3 Å². The Hall–Kier alpha value is 0.250. The second kappa shape index (κ2) is 6.79. The van der Waals surface area contributed by atoms with Crippen LogP contribution >= 0.6 is 39.3 Å². The number of thioether (sulfide) groups is 1. The number of alkyl halides is 1. The minimum atomic E-state index is -3.50. The Kier molecular flexibility index (Phi) is 5.69. The van der Waals surface area contributed by atoms with E-state index in [1.807, 2.05) is 24.8 Å². The lowest BCUT2D eigenvalue weighted by atomic mass is 10.2. The third-order valence-electron chi connectivity index (χ3n) is 3.44. The first-order valence-corrected chi connectivity index (χ1v) is 10.5. The van der Waals surface area contributed by atoms with Crippen LogP contribution in [0.25, 0.3) is 0 Å². The molecule has 0 aliphatic carbocycles. The minimum Gasteiger partial charge on any atom is -0.207 e. The predicted molar refractivity (Wildman–Crippen MR) is 93.7 cm³/mol. The lowest BCUT2D eigenvalue weighted by Crippen LogP contribution is -2.44. The van der Waals surface area contributed by atoms with Crippen molar-refractivity contribution >= 4 is 49.3 Å². The number of nitrogens with zero attached hydrogens (tertiary/aromatic N) is 1. The van der Waals surface area contributed by atoms with Crippen molar-refractivity contribution in [3.05, 3.63) is 27.7 Å². The zero-order valence-corrected chi connectivity index (χ0v) is 16.2. The monoisotopic (exact) mass is 411 g/mol. The largest absolute Gasteiger partial charge is 0.244 e. The number of sulfonamides is 1. The molecular weight excluding hydrogens is 394 g/mol. The molecule has 1 aliphatic rings. The summed E-state index contributed by atoms with van der Waals surface area (Å²) in [6.45, 7) is 7.12. The molecule has 0 saturated carbocycles. The highest BCUT2D eigenvalue weighted by Gasteiger charge is 2.33. The smallest absolute Gasteiger partial charge is 0.207 e. The van der Waals surface area contributed by atoms with Gasteiger partial charge in [0.2, 0.25) is 10.0 Å². The van der Waals surface area contributed by atoms with Crippen molar-refractivity contribution in [2.75, 3.05) is 13.1 Å². The summed E-state index contributed by atoms with van der Waals surface area (Å²) in [4.78, 5) is 0.324. The Bertz CT molecular complexity index is 626. The zero-order chi connectivity index (χ0) is 15.8. The molecule has 1 fully saturated rings. The highest BCUT2D eigenvalue weighted by atomic mass is 79.9. The van der Waals surface area contributed by atoms with Crippen molar-refractivity contribution < 1.29 is 8.42 Å². The first-order chi connectivity index (χ1) is 9.75. The first-order valence-electron chi connectivity index (χ1n) is 6.76. The summed E-state index contributed by atoms with van der Waals surface area (Å²) in [5.74, 6) is 0.305. The zero-order valence-electron chi connectivity index (χ0n) is 12.3. The molecule has 0 amide bonds. The van der Waals surface area contributed by atoms with Crippen LogP contribution in [0.2, 0.25) is 0 Å². The Labute approximate surface area is 144 Å². The summed E-state index contributed by atoms with van der Waals surface area (Å²) in [5.41, 5.74) is 1.71. The molecule has 2 atom stereocenters. The fraction of sp³-hybridized carbons (Fsp3) is 0.571. The molecule has 21 heavy (non-hydrogen) atoms. The van der Waals surface area contributed by atoms with Crippen molar-refractivity contribution in [2.24, 2.45) is 0 Å². The fourth-order valence-corrected chi connectivity index (χ4v) is 6.86. The molecule has 118 valence electrons. The Balaban J connectivity index is 2.46. The van der Waals surface area contributed by atoms with Gasteiger partial charge in [-0.3, -0.25) is 0 Å². The maximum atomic E-state index is 13.0. The minimum absolute atomic E-state index is 0.305. The van der Waals surface area contributed by atoms with Crippen molar-refractivity contribution in [3.8, 4) is 0 Å². The first kappa shape index (κ1) is 17.6. The molecule has 1 saturated heterocycles. The molecule has 1 aromatic carbocycles. The van der Waals surface area contributed by atoms with Gasteiger partial charge in [0.1, 0.15) is 0 Å². The average Bonchev–Trinajstić information content (AvgIpc) is 2.40. The van der Waals surface area contributed by atoms with E-state index in [0.717, 1.165) is 11.1 Å². The summed E-state index contributed by atoms with van der Waals surface area (Å²) in [5, 5.41) is 0.610. The molecule has 1 heterocycles. The lowest BCUT2D eigenvalue weighted by Gasteiger charge is -2.34. The Morgan fingerprint density at radius 1 is 1.33 bits per heavy atom. The SMILES string of the molecule is Cc1cc(CCl)cc(S(=O)(=O)N2CC(C)SC(C)C2)c1Br. The van der Waals surface area contributed by atoms with E-state index in [4.69, 9.17) is 11.6 Å². The molecule has 0 aromatic heterocycles. The third-order valence-corrected chi connectivity index (χ3v) is 8.15. The summed E-state index contributed by atoms with van der Waals surface area (Å²) < 4.78 is 28.2. The van der Waals surface area contributed by atoms with E-state index >= 15 is 0 Å². The Morgan fingerprint density at radius 3 is 2.43 bits per heavy atom. The van der Waals surface area contributed by atoms with Crippen molar-refractivity contribution in [1.82, 2.24) is 4.31 Å². The molecule has 2 rings (SSSR count). The molecule has 0 bridgehead atoms. The number of rotatable bonds is 3. The van der Waals surface area contributed by atoms with Crippen molar-refractivity contribution in [1.29, 1.82) is 0 Å². The van der Waals surface area contributed by atoms with Crippen LogP contribution in [0.5, 0.6) is 0 Å². The van der Waals surface area contributed by atoms with Crippen LogP contribution in [0.4, 0.5) is 0 Å². The quantitative estimate of drug-likeness (QED) is 0.704. The van der Waals surface area contributed by atoms with Gasteiger partial charge in [0.15, 0.2) is 0 Å². The molecule has 0 N–H and O–H groups in total. The summed E-state index contributed by atoms with van der Waals surface area (Å²) in [7, 11) is -3.50. The topological polar surface area (TPSA) is 37.4 Å². The number of hydrogen-bond acceptors (Lipinski definition) is 3. The van der Waals surface area contributed by atoms with E-state index in [2.05, 4.69) is 29.8 Å². The fourth-order valence-electron chi connectivity index (χ4n) is 2.54. The van der Waals surface area contributed by atoms with Gasteiger partial charge in [-0.05, 0) is 40.0 Å². The summed E-state index contributed by atoms with van der Waals surface area (Å²) >= 11 is 11.1. The van der Waals surface area contributed by atoms with Crippen molar-refractivity contribution in [3.63, 3.8) is 0 Å². The molecule has 1 aliphatic heterocycles. The van der Waals surface area contributed by atoms with E-state index in [9.17, 15) is 8.42 Å². The average molecular weight is 413 g/mol. The highest BCUT2D eigenvalue weighted by Crippen LogP contribution is 2.33. The maximum absolute atomic E-state index is 13.0. The van der Waals surface area contributed by atoms with Crippen LogP contribution in [0.15, 0.2) is 21.5 Å². The van der Waals surface area contributed by atoms with Gasteiger partial charge in [0.05, 0.1) is 4.90 Å². The van der Waals surface area contributed by atoms with Crippen molar-refractivity contribution in [2.45, 2.75) is 42.0 Å². The van der Waals surface area contributed by atoms with Gasteiger partial charge in [-0.15, -0.1) is 11.6 Å². The van der Waals surface area contributed by atoms with Crippen LogP contribution in [0, 0.1) is 6.92 Å². The number of halogens is 2. The van der Waals surface area contributed by atoms with Crippen LogP contribution in [0.3, 0.4) is 0 Å². The second-order valence-corrected chi connectivity index (χ2v) is 10.3. The predicted octanol–water partition coefficient (Wildman–Crippen LogP) is 4.01. The van der Waals surface area contributed by atoms with Gasteiger partial charge in [-0.1, -0.05) is 19.9 Å². The number of hydrogen-bond donors (Lipinski definition) is 0. The van der Waals surface area contributed by atoms with Gasteiger partial charge in [0, 0.05) is 33.9 Å². The van der Waals surface area contributed by atoms with Crippen LogP contribution in [0.1, 0.15) is 25.0 Å². The molecule has 1 aromatic rings. The van der Waals surface area contributed by atoms with Gasteiger partial charge in [0.25, 0.3) is 0 Å². The number of aryl methyl sites for hydroxylation is 1. The molecule has 3 nitrogen and oxygen atoms in total. The maximum Gasteiger partial charge on any atom is 0.244 e. The van der Waals surface area contributed by atoms with E-state index in [0.29, 0.717) is 38.8 Å². The van der Waals surface area contributed by atoms with Gasteiger partial charge in [-0.25, -0.2) is 8.42 Å². The summed E-state index contributed by atoms with van der Waals surface area (Å²) in [6, 6.07) is 3.59. The summed E-state index contributed by atoms with van der Waals surface area (Å²) in [6.07, 6.45) is 0.